The molecule has 166 valence electrons. The first-order valence-electron chi connectivity index (χ1n) is 10.5. The van der Waals surface area contributed by atoms with Crippen LogP contribution in [0.3, 0.4) is 0 Å². The fraction of sp³-hybridized carbons (Fsp3) is 0.154. The Hall–Kier alpha value is -3.77. The molecule has 0 aliphatic rings. The predicted octanol–water partition coefficient (Wildman–Crippen LogP) is 5.43. The second-order valence-corrected chi connectivity index (χ2v) is 8.12. The van der Waals surface area contributed by atoms with Crippen LogP contribution in [0.2, 0.25) is 5.02 Å². The number of benzene rings is 2. The summed E-state index contributed by atoms with van der Waals surface area (Å²) in [6.45, 7) is 3.73. The summed E-state index contributed by atoms with van der Waals surface area (Å²) in [5.41, 5.74) is 3.75. The van der Waals surface area contributed by atoms with Gasteiger partial charge in [-0.1, -0.05) is 54.1 Å². The van der Waals surface area contributed by atoms with Gasteiger partial charge >= 0.3 is 0 Å². The van der Waals surface area contributed by atoms with Crippen molar-refractivity contribution >= 4 is 23.3 Å². The Morgan fingerprint density at radius 2 is 1.76 bits per heavy atom. The van der Waals surface area contributed by atoms with E-state index in [4.69, 9.17) is 16.0 Å². The number of nitrogens with one attached hydrogen (secondary N) is 1. The summed E-state index contributed by atoms with van der Waals surface area (Å²) in [5, 5.41) is 3.35. The fourth-order valence-corrected chi connectivity index (χ4v) is 3.65. The number of carbonyl (C=O) groups is 2. The number of carbonyl (C=O) groups excluding carboxylic acids is 2. The molecule has 0 saturated heterocycles. The molecule has 0 radical (unpaired) electrons. The monoisotopic (exact) mass is 459 g/mol. The van der Waals surface area contributed by atoms with Gasteiger partial charge in [-0.25, -0.2) is 4.98 Å². The third kappa shape index (κ3) is 5.18. The quantitative estimate of drug-likeness (QED) is 0.398. The molecule has 6 nitrogen and oxygen atoms in total. The lowest BCUT2D eigenvalue weighted by Crippen LogP contribution is -2.23. The fourth-order valence-electron chi connectivity index (χ4n) is 3.43. The Bertz CT molecular complexity index is 1320. The number of nitrogens with zero attached hydrogens (tertiary/aromatic N) is 2. The van der Waals surface area contributed by atoms with Gasteiger partial charge in [0.05, 0.1) is 5.02 Å². The molecular weight excluding hydrogens is 438 g/mol. The van der Waals surface area contributed by atoms with Crippen molar-refractivity contribution in [3.8, 4) is 22.8 Å². The lowest BCUT2D eigenvalue weighted by Gasteiger charge is -2.05. The van der Waals surface area contributed by atoms with Crippen LogP contribution >= 0.6 is 11.6 Å². The first-order valence-corrected chi connectivity index (χ1v) is 10.8. The van der Waals surface area contributed by atoms with Crippen molar-refractivity contribution in [3.63, 3.8) is 0 Å². The van der Waals surface area contributed by atoms with Gasteiger partial charge in [0.25, 0.3) is 5.91 Å². The molecule has 7 heteroatoms. The number of hydrogen-bond donors (Lipinski definition) is 1. The first kappa shape index (κ1) is 22.4. The molecule has 0 atom stereocenters. The summed E-state index contributed by atoms with van der Waals surface area (Å²) in [6.07, 6.45) is 1.87. The van der Waals surface area contributed by atoms with Gasteiger partial charge in [0.1, 0.15) is 5.78 Å². The van der Waals surface area contributed by atoms with Gasteiger partial charge < -0.3 is 9.73 Å². The highest BCUT2D eigenvalue weighted by atomic mass is 35.5. The van der Waals surface area contributed by atoms with Crippen LogP contribution < -0.4 is 5.32 Å². The van der Waals surface area contributed by atoms with Crippen molar-refractivity contribution in [2.45, 2.75) is 26.8 Å². The summed E-state index contributed by atoms with van der Waals surface area (Å²) in [7, 11) is 0. The molecule has 2 heterocycles. The van der Waals surface area contributed by atoms with Gasteiger partial charge in [0.15, 0.2) is 11.5 Å². The number of aromatic nitrogens is 2. The molecule has 0 unspecified atom stereocenters. The Morgan fingerprint density at radius 3 is 2.48 bits per heavy atom. The summed E-state index contributed by atoms with van der Waals surface area (Å²) in [4.78, 5) is 33.5. The lowest BCUT2D eigenvalue weighted by atomic mass is 10.1. The number of pyridine rings is 1. The van der Waals surface area contributed by atoms with Crippen molar-refractivity contribution in [2.24, 2.45) is 0 Å². The SMILES string of the molecule is CC(=O)Cc1cc(-c2nc(C(=O)NCc3ccccc3)c(-c3ccccc3Cl)o2)c(C)cn1. The smallest absolute Gasteiger partial charge is 0.274 e. The minimum atomic E-state index is -0.376. The van der Waals surface area contributed by atoms with Crippen molar-refractivity contribution < 1.29 is 14.0 Å². The van der Waals surface area contributed by atoms with E-state index in [0.717, 1.165) is 11.1 Å². The molecule has 4 rings (SSSR count). The molecule has 1 N–H and O–H groups in total. The standard InChI is InChI=1S/C26H22ClN3O3/c1-16-14-28-19(12-17(2)31)13-21(16)26-30-23(24(33-26)20-10-6-7-11-22(20)27)25(32)29-15-18-8-4-3-5-9-18/h3-11,13-14H,12,15H2,1-2H3,(H,29,32). The van der Waals surface area contributed by atoms with Gasteiger partial charge in [-0.15, -0.1) is 0 Å². The van der Waals surface area contributed by atoms with E-state index in [1.165, 1.54) is 6.92 Å². The van der Waals surface area contributed by atoms with E-state index < -0.39 is 0 Å². The van der Waals surface area contributed by atoms with Crippen molar-refractivity contribution in [1.29, 1.82) is 0 Å². The average Bonchev–Trinajstić information content (AvgIpc) is 3.24. The van der Waals surface area contributed by atoms with Crippen LogP contribution in [0, 0.1) is 6.92 Å². The van der Waals surface area contributed by atoms with E-state index in [-0.39, 0.29) is 35.5 Å². The van der Waals surface area contributed by atoms with Gasteiger partial charge in [0, 0.05) is 36.0 Å². The van der Waals surface area contributed by atoms with E-state index in [1.54, 1.807) is 30.5 Å². The Labute approximate surface area is 196 Å². The van der Waals surface area contributed by atoms with Crippen LogP contribution in [0.25, 0.3) is 22.8 Å². The van der Waals surface area contributed by atoms with Crippen LogP contribution in [-0.2, 0) is 17.8 Å². The number of aryl methyl sites for hydroxylation is 1. The number of amides is 1. The number of Topliss-reactive ketones (excluding diaryl/α,β-unsaturated/α-hetero) is 1. The second kappa shape index (κ2) is 9.79. The van der Waals surface area contributed by atoms with Crippen molar-refractivity contribution in [3.05, 3.63) is 94.4 Å². The van der Waals surface area contributed by atoms with Gasteiger partial charge in [-0.2, -0.15) is 0 Å². The molecule has 0 bridgehead atoms. The molecule has 0 aliphatic heterocycles. The van der Waals surface area contributed by atoms with Crippen molar-refractivity contribution in [2.75, 3.05) is 0 Å². The van der Waals surface area contributed by atoms with Crippen LogP contribution in [-0.4, -0.2) is 21.7 Å². The van der Waals surface area contributed by atoms with E-state index >= 15 is 0 Å². The van der Waals surface area contributed by atoms with E-state index in [2.05, 4.69) is 15.3 Å². The third-order valence-electron chi connectivity index (χ3n) is 5.08. The molecule has 0 saturated carbocycles. The average molecular weight is 460 g/mol. The molecule has 4 aromatic rings. The Kier molecular flexibility index (Phi) is 6.66. The number of halogens is 1. The number of ketones is 1. The highest BCUT2D eigenvalue weighted by Crippen LogP contribution is 2.35. The lowest BCUT2D eigenvalue weighted by molar-refractivity contribution is -0.116. The number of hydrogen-bond acceptors (Lipinski definition) is 5. The zero-order valence-electron chi connectivity index (χ0n) is 18.3. The summed E-state index contributed by atoms with van der Waals surface area (Å²) >= 11 is 6.41. The van der Waals surface area contributed by atoms with E-state index in [9.17, 15) is 9.59 Å². The van der Waals surface area contributed by atoms with Gasteiger partial charge in [-0.05, 0) is 43.2 Å². The van der Waals surface area contributed by atoms with Crippen LogP contribution in [0.5, 0.6) is 0 Å². The van der Waals surface area contributed by atoms with Gasteiger partial charge in [-0.3, -0.25) is 14.6 Å². The molecule has 33 heavy (non-hydrogen) atoms. The molecule has 0 fully saturated rings. The minimum absolute atomic E-state index is 0.00226. The number of oxazole rings is 1. The maximum Gasteiger partial charge on any atom is 0.274 e. The molecule has 2 aromatic carbocycles. The van der Waals surface area contributed by atoms with Crippen LogP contribution in [0.15, 0.2) is 71.3 Å². The van der Waals surface area contributed by atoms with E-state index in [0.29, 0.717) is 28.4 Å². The first-order chi connectivity index (χ1) is 15.9. The third-order valence-corrected chi connectivity index (χ3v) is 5.41. The van der Waals surface area contributed by atoms with Gasteiger partial charge in [0.2, 0.25) is 5.89 Å². The Balaban J connectivity index is 1.75. The maximum absolute atomic E-state index is 13.1. The normalized spacial score (nSPS) is 10.8. The summed E-state index contributed by atoms with van der Waals surface area (Å²) in [5.74, 6) is 0.173. The molecule has 0 spiro atoms. The van der Waals surface area contributed by atoms with Crippen LogP contribution in [0.1, 0.15) is 34.2 Å². The predicted molar refractivity (Wildman–Crippen MR) is 127 cm³/mol. The molecular formula is C26H22ClN3O3. The minimum Gasteiger partial charge on any atom is -0.435 e. The van der Waals surface area contributed by atoms with Crippen LogP contribution in [0.4, 0.5) is 0 Å². The topological polar surface area (TPSA) is 85.1 Å². The second-order valence-electron chi connectivity index (χ2n) is 7.71. The van der Waals surface area contributed by atoms with Crippen molar-refractivity contribution in [1.82, 2.24) is 15.3 Å². The number of rotatable bonds is 7. The zero-order valence-corrected chi connectivity index (χ0v) is 19.0. The molecule has 0 aliphatic carbocycles. The highest BCUT2D eigenvalue weighted by Gasteiger charge is 2.24. The molecule has 2 aromatic heterocycles. The Morgan fingerprint density at radius 1 is 1.03 bits per heavy atom. The zero-order chi connectivity index (χ0) is 23.4. The maximum atomic E-state index is 13.1. The summed E-state index contributed by atoms with van der Waals surface area (Å²) in [6, 6.07) is 18.5. The molecule has 1 amide bonds. The largest absolute Gasteiger partial charge is 0.435 e. The summed E-state index contributed by atoms with van der Waals surface area (Å²) < 4.78 is 6.11. The highest BCUT2D eigenvalue weighted by molar-refractivity contribution is 6.33. The van der Waals surface area contributed by atoms with E-state index in [1.807, 2.05) is 43.3 Å².